The summed E-state index contributed by atoms with van der Waals surface area (Å²) >= 11 is 3.06. The maximum atomic E-state index is 13.6. The van der Waals surface area contributed by atoms with Crippen LogP contribution in [0.4, 0.5) is 8.78 Å². The summed E-state index contributed by atoms with van der Waals surface area (Å²) in [6, 6.07) is 2.56. The van der Waals surface area contributed by atoms with Crippen LogP contribution in [0, 0.1) is 18.6 Å². The molecule has 0 aliphatic carbocycles. The van der Waals surface area contributed by atoms with Crippen LogP contribution in [-0.4, -0.2) is 9.97 Å². The molecule has 1 aromatic carbocycles. The van der Waals surface area contributed by atoms with Crippen LogP contribution in [0.3, 0.4) is 0 Å². The highest BCUT2D eigenvalue weighted by molar-refractivity contribution is 9.10. The van der Waals surface area contributed by atoms with Gasteiger partial charge in [-0.15, -0.1) is 0 Å². The Morgan fingerprint density at radius 2 is 2.00 bits per heavy atom. The van der Waals surface area contributed by atoms with E-state index in [2.05, 4.69) is 31.2 Å². The van der Waals surface area contributed by atoms with E-state index in [9.17, 15) is 8.78 Å². The normalized spacial score (nSPS) is 13.7. The third-order valence-corrected chi connectivity index (χ3v) is 3.95. The monoisotopic (exact) mass is 325 g/mol. The Hall–Kier alpha value is -1.40. The second-order valence-electron chi connectivity index (χ2n) is 4.38. The zero-order valence-corrected chi connectivity index (χ0v) is 11.7. The highest BCUT2D eigenvalue weighted by atomic mass is 79.9. The van der Waals surface area contributed by atoms with Gasteiger partial charge in [0.1, 0.15) is 0 Å². The van der Waals surface area contributed by atoms with Gasteiger partial charge in [0.2, 0.25) is 0 Å². The highest BCUT2D eigenvalue weighted by Crippen LogP contribution is 2.31. The Morgan fingerprint density at radius 1 is 1.21 bits per heavy atom. The summed E-state index contributed by atoms with van der Waals surface area (Å²) in [6.07, 6.45) is 0. The summed E-state index contributed by atoms with van der Waals surface area (Å²) in [5.74, 6) is -1.40. The number of nitrogens with zero attached hydrogens (tertiary/aromatic N) is 2. The van der Waals surface area contributed by atoms with Crippen LogP contribution in [0.1, 0.15) is 17.0 Å². The summed E-state index contributed by atoms with van der Waals surface area (Å²) in [5, 5.41) is 3.19. The number of aryl methyl sites for hydroxylation is 1. The Labute approximate surface area is 117 Å². The molecule has 98 valence electrons. The topological polar surface area (TPSA) is 37.8 Å². The molecule has 3 rings (SSSR count). The summed E-state index contributed by atoms with van der Waals surface area (Å²) in [7, 11) is 0. The number of rotatable bonds is 1. The van der Waals surface area contributed by atoms with E-state index in [1.54, 1.807) is 0 Å². The standard InChI is InChI=1S/C13H10BrF2N3/c1-6-8-4-17-5-10(8)19-13(18-6)7-2-3-9(15)12(16)11(7)14/h2-3,17H,4-5H2,1H3. The third kappa shape index (κ3) is 2.04. The van der Waals surface area contributed by atoms with Gasteiger partial charge in [-0.05, 0) is 35.0 Å². The number of nitrogens with one attached hydrogen (secondary N) is 1. The molecule has 0 amide bonds. The molecule has 1 aliphatic rings. The SMILES string of the molecule is Cc1nc(-c2ccc(F)c(F)c2Br)nc2c1CNC2. The molecule has 0 unspecified atom stereocenters. The summed E-state index contributed by atoms with van der Waals surface area (Å²) in [6.45, 7) is 3.32. The third-order valence-electron chi connectivity index (χ3n) is 3.17. The molecule has 0 atom stereocenters. The molecule has 3 nitrogen and oxygen atoms in total. The number of halogens is 3. The summed E-state index contributed by atoms with van der Waals surface area (Å²) in [5.41, 5.74) is 3.32. The van der Waals surface area contributed by atoms with Crippen molar-refractivity contribution >= 4 is 15.9 Å². The minimum atomic E-state index is -0.919. The van der Waals surface area contributed by atoms with Crippen LogP contribution in [0.15, 0.2) is 16.6 Å². The quantitative estimate of drug-likeness (QED) is 0.819. The van der Waals surface area contributed by atoms with Gasteiger partial charge in [-0.3, -0.25) is 0 Å². The van der Waals surface area contributed by atoms with Gasteiger partial charge in [0.05, 0.1) is 10.2 Å². The van der Waals surface area contributed by atoms with Crippen molar-refractivity contribution in [2.24, 2.45) is 0 Å². The van der Waals surface area contributed by atoms with E-state index in [0.29, 0.717) is 17.9 Å². The minimum absolute atomic E-state index is 0.0535. The fourth-order valence-electron chi connectivity index (χ4n) is 2.16. The molecular formula is C13H10BrF2N3. The van der Waals surface area contributed by atoms with Crippen molar-refractivity contribution in [3.05, 3.63) is 45.2 Å². The van der Waals surface area contributed by atoms with E-state index in [-0.39, 0.29) is 4.47 Å². The second kappa shape index (κ2) is 4.61. The van der Waals surface area contributed by atoms with Gasteiger partial charge < -0.3 is 5.32 Å². The Kier molecular flexibility index (Phi) is 3.06. The van der Waals surface area contributed by atoms with Gasteiger partial charge >= 0.3 is 0 Å². The fourth-order valence-corrected chi connectivity index (χ4v) is 2.66. The van der Waals surface area contributed by atoms with Crippen LogP contribution in [0.2, 0.25) is 0 Å². The molecule has 6 heteroatoms. The van der Waals surface area contributed by atoms with Crippen molar-refractivity contribution in [3.8, 4) is 11.4 Å². The maximum Gasteiger partial charge on any atom is 0.173 e. The second-order valence-corrected chi connectivity index (χ2v) is 5.18. The first-order chi connectivity index (χ1) is 9.08. The molecule has 0 saturated carbocycles. The molecular weight excluding hydrogens is 316 g/mol. The van der Waals surface area contributed by atoms with Gasteiger partial charge in [-0.1, -0.05) is 0 Å². The van der Waals surface area contributed by atoms with Gasteiger partial charge in [0.25, 0.3) is 0 Å². The molecule has 0 radical (unpaired) electrons. The zero-order chi connectivity index (χ0) is 13.6. The molecule has 2 aromatic rings. The molecule has 0 saturated heterocycles. The van der Waals surface area contributed by atoms with Gasteiger partial charge in [0, 0.05) is 29.9 Å². The molecule has 0 spiro atoms. The smallest absolute Gasteiger partial charge is 0.173 e. The lowest BCUT2D eigenvalue weighted by Crippen LogP contribution is -2.01. The summed E-state index contributed by atoms with van der Waals surface area (Å²) in [4.78, 5) is 8.80. The zero-order valence-electron chi connectivity index (χ0n) is 10.1. The maximum absolute atomic E-state index is 13.6. The van der Waals surface area contributed by atoms with Gasteiger partial charge in [-0.25, -0.2) is 18.7 Å². The van der Waals surface area contributed by atoms with Crippen LogP contribution < -0.4 is 5.32 Å². The lowest BCUT2D eigenvalue weighted by Gasteiger charge is -2.08. The largest absolute Gasteiger partial charge is 0.307 e. The van der Waals surface area contributed by atoms with Crippen LogP contribution in [0.5, 0.6) is 0 Å². The van der Waals surface area contributed by atoms with E-state index in [4.69, 9.17) is 0 Å². The van der Waals surface area contributed by atoms with Crippen molar-refractivity contribution < 1.29 is 8.78 Å². The van der Waals surface area contributed by atoms with E-state index in [1.165, 1.54) is 6.07 Å². The Bertz CT molecular complexity index is 673. The lowest BCUT2D eigenvalue weighted by molar-refractivity contribution is 0.504. The van der Waals surface area contributed by atoms with E-state index >= 15 is 0 Å². The lowest BCUT2D eigenvalue weighted by atomic mass is 10.1. The number of benzene rings is 1. The molecule has 19 heavy (non-hydrogen) atoms. The fraction of sp³-hybridized carbons (Fsp3) is 0.231. The Balaban J connectivity index is 2.18. The van der Waals surface area contributed by atoms with Crippen LogP contribution in [0.25, 0.3) is 11.4 Å². The van der Waals surface area contributed by atoms with Crippen molar-refractivity contribution in [1.82, 2.24) is 15.3 Å². The molecule has 0 bridgehead atoms. The average molecular weight is 326 g/mol. The first kappa shape index (κ1) is 12.6. The summed E-state index contributed by atoms with van der Waals surface area (Å²) < 4.78 is 26.7. The van der Waals surface area contributed by atoms with Crippen molar-refractivity contribution in [3.63, 3.8) is 0 Å². The van der Waals surface area contributed by atoms with Crippen molar-refractivity contribution in [2.45, 2.75) is 20.0 Å². The van der Waals surface area contributed by atoms with E-state index in [1.807, 2.05) is 6.92 Å². The van der Waals surface area contributed by atoms with Crippen molar-refractivity contribution in [1.29, 1.82) is 0 Å². The molecule has 2 heterocycles. The number of aromatic nitrogens is 2. The highest BCUT2D eigenvalue weighted by Gasteiger charge is 2.20. The minimum Gasteiger partial charge on any atom is -0.307 e. The molecule has 1 aromatic heterocycles. The van der Waals surface area contributed by atoms with Gasteiger partial charge in [-0.2, -0.15) is 0 Å². The molecule has 1 aliphatic heterocycles. The number of fused-ring (bicyclic) bond motifs is 1. The predicted molar refractivity (Wildman–Crippen MR) is 70.4 cm³/mol. The molecule has 1 N–H and O–H groups in total. The number of hydrogen-bond donors (Lipinski definition) is 1. The van der Waals surface area contributed by atoms with Crippen molar-refractivity contribution in [2.75, 3.05) is 0 Å². The Morgan fingerprint density at radius 3 is 2.79 bits per heavy atom. The van der Waals surface area contributed by atoms with E-state index in [0.717, 1.165) is 29.6 Å². The first-order valence-electron chi connectivity index (χ1n) is 5.79. The van der Waals surface area contributed by atoms with Crippen LogP contribution in [-0.2, 0) is 13.1 Å². The van der Waals surface area contributed by atoms with Crippen LogP contribution >= 0.6 is 15.9 Å². The number of hydrogen-bond acceptors (Lipinski definition) is 3. The van der Waals surface area contributed by atoms with Gasteiger partial charge in [0.15, 0.2) is 17.5 Å². The average Bonchev–Trinajstić information content (AvgIpc) is 2.85. The van der Waals surface area contributed by atoms with E-state index < -0.39 is 11.6 Å². The molecule has 0 fully saturated rings. The first-order valence-corrected chi connectivity index (χ1v) is 6.58. The predicted octanol–water partition coefficient (Wildman–Crippen LogP) is 3.10.